The van der Waals surface area contributed by atoms with E-state index in [0.717, 1.165) is 44.9 Å². The summed E-state index contributed by atoms with van der Waals surface area (Å²) in [6.07, 6.45) is 19.5. The van der Waals surface area contributed by atoms with Gasteiger partial charge in [-0.2, -0.15) is 0 Å². The Kier molecular flexibility index (Phi) is 25.6. The largest absolute Gasteiger partial charge is 1.00 e. The first kappa shape index (κ1) is 32.7. The Balaban J connectivity index is 0. The molecule has 0 aromatic carbocycles. The van der Waals surface area contributed by atoms with Crippen LogP contribution in [0.15, 0.2) is 0 Å². The molecule has 0 fully saturated rings. The molecule has 0 aliphatic carbocycles. The molecular formula is C23H47KO4S. The second-order valence-electron chi connectivity index (χ2n) is 8.48. The van der Waals surface area contributed by atoms with Crippen molar-refractivity contribution in [2.24, 2.45) is 0 Å². The molecule has 0 bridgehead atoms. The zero-order valence-corrected chi connectivity index (χ0v) is 23.6. The molecule has 1 N–H and O–H groups in total. The van der Waals surface area contributed by atoms with Gasteiger partial charge in [0.05, 0.1) is 11.4 Å². The van der Waals surface area contributed by atoms with Gasteiger partial charge in [0.2, 0.25) is 0 Å². The molecule has 2 atom stereocenters. The first-order valence-electron chi connectivity index (χ1n) is 12.1. The van der Waals surface area contributed by atoms with Gasteiger partial charge in [0.15, 0.2) is 0 Å². The van der Waals surface area contributed by atoms with Crippen molar-refractivity contribution in [1.29, 1.82) is 0 Å². The van der Waals surface area contributed by atoms with E-state index in [-0.39, 0.29) is 51.4 Å². The van der Waals surface area contributed by atoms with Gasteiger partial charge in [-0.05, 0) is 12.8 Å². The van der Waals surface area contributed by atoms with Crippen LogP contribution in [0, 0.1) is 0 Å². The number of aliphatic hydroxyl groups is 1. The molecule has 0 saturated heterocycles. The predicted octanol–water partition coefficient (Wildman–Crippen LogP) is 3.72. The van der Waals surface area contributed by atoms with E-state index >= 15 is 0 Å². The van der Waals surface area contributed by atoms with Crippen LogP contribution < -0.4 is 51.4 Å². The Bertz CT molecular complexity index is 429. The molecule has 2 unspecified atom stereocenters. The van der Waals surface area contributed by atoms with Crippen LogP contribution in [0.5, 0.6) is 0 Å². The van der Waals surface area contributed by atoms with Gasteiger partial charge in [0.25, 0.3) is 0 Å². The third-order valence-electron chi connectivity index (χ3n) is 5.75. The molecule has 6 heteroatoms. The minimum Gasteiger partial charge on any atom is -0.748 e. The second kappa shape index (κ2) is 22.7. The van der Waals surface area contributed by atoms with Gasteiger partial charge in [0.1, 0.15) is 10.1 Å². The minimum atomic E-state index is -4.42. The van der Waals surface area contributed by atoms with E-state index in [4.69, 9.17) is 0 Å². The van der Waals surface area contributed by atoms with Crippen molar-refractivity contribution in [2.45, 2.75) is 147 Å². The molecule has 170 valence electrons. The minimum absolute atomic E-state index is 0. The summed E-state index contributed by atoms with van der Waals surface area (Å²) in [5.74, 6) is 0. The van der Waals surface area contributed by atoms with Crippen molar-refractivity contribution in [2.75, 3.05) is 0 Å². The molecule has 0 aliphatic heterocycles. The number of hydrogen-bond acceptors (Lipinski definition) is 4. The molecule has 0 aromatic rings. The van der Waals surface area contributed by atoms with Crippen LogP contribution in [-0.2, 0) is 10.1 Å². The van der Waals surface area contributed by atoms with Crippen LogP contribution in [0.2, 0.25) is 0 Å². The van der Waals surface area contributed by atoms with Gasteiger partial charge in [-0.25, -0.2) is 8.42 Å². The van der Waals surface area contributed by atoms with Gasteiger partial charge >= 0.3 is 51.4 Å². The summed E-state index contributed by atoms with van der Waals surface area (Å²) in [5.41, 5.74) is 0. The number of rotatable bonds is 21. The summed E-state index contributed by atoms with van der Waals surface area (Å²) in [5, 5.41) is 9.11. The molecule has 29 heavy (non-hydrogen) atoms. The Morgan fingerprint density at radius 1 is 0.621 bits per heavy atom. The van der Waals surface area contributed by atoms with Crippen LogP contribution in [0.1, 0.15) is 136 Å². The molecule has 0 radical (unpaired) electrons. The number of unbranched alkanes of at least 4 members (excludes halogenated alkanes) is 15. The van der Waals surface area contributed by atoms with E-state index in [1.807, 2.05) is 0 Å². The van der Waals surface area contributed by atoms with Crippen LogP contribution in [-0.4, -0.2) is 29.4 Å². The molecule has 0 heterocycles. The standard InChI is InChI=1S/C23H48O4S.K/c1-3-5-7-9-10-11-12-13-14-15-17-18-20-22(24)23(28(25,26)27)21-19-16-8-6-4-2;/h22-24H,3-21H2,1-2H3,(H,25,26,27);/q;+1/p-1. The topological polar surface area (TPSA) is 77.4 Å². The molecule has 0 saturated carbocycles. The van der Waals surface area contributed by atoms with Crippen molar-refractivity contribution in [3.8, 4) is 0 Å². The molecule has 0 amide bonds. The zero-order valence-electron chi connectivity index (χ0n) is 19.7. The summed E-state index contributed by atoms with van der Waals surface area (Å²) >= 11 is 0. The summed E-state index contributed by atoms with van der Waals surface area (Å²) in [4.78, 5) is 0. The molecule has 0 aliphatic rings. The van der Waals surface area contributed by atoms with Crippen LogP contribution in [0.3, 0.4) is 0 Å². The average molecular weight is 459 g/mol. The summed E-state index contributed by atoms with van der Waals surface area (Å²) in [7, 11) is -4.42. The van der Waals surface area contributed by atoms with Crippen molar-refractivity contribution < 1.29 is 69.5 Å². The van der Waals surface area contributed by atoms with E-state index in [1.54, 1.807) is 0 Å². The fourth-order valence-electron chi connectivity index (χ4n) is 3.86. The fourth-order valence-corrected chi connectivity index (χ4v) is 4.83. The maximum atomic E-state index is 11.5. The number of aliphatic hydroxyl groups excluding tert-OH is 1. The molecular weight excluding hydrogens is 411 g/mol. The van der Waals surface area contributed by atoms with Crippen molar-refractivity contribution >= 4 is 10.1 Å². The smallest absolute Gasteiger partial charge is 0.748 e. The van der Waals surface area contributed by atoms with Crippen molar-refractivity contribution in [1.82, 2.24) is 0 Å². The average Bonchev–Trinajstić information content (AvgIpc) is 2.64. The van der Waals surface area contributed by atoms with E-state index in [9.17, 15) is 18.1 Å². The SMILES string of the molecule is CCCCCCCCCCCCCCC(O)C(CCCCCCC)S(=O)(=O)[O-].[K+]. The maximum Gasteiger partial charge on any atom is 1.00 e. The molecule has 0 spiro atoms. The normalized spacial score (nSPS) is 13.8. The first-order chi connectivity index (χ1) is 13.4. The third kappa shape index (κ3) is 21.1. The quantitative estimate of drug-likeness (QED) is 0.162. The van der Waals surface area contributed by atoms with E-state index in [0.29, 0.717) is 19.3 Å². The first-order valence-corrected chi connectivity index (χ1v) is 13.5. The van der Waals surface area contributed by atoms with Gasteiger partial charge in [-0.15, -0.1) is 0 Å². The number of hydrogen-bond donors (Lipinski definition) is 1. The second-order valence-corrected chi connectivity index (χ2v) is 10.1. The van der Waals surface area contributed by atoms with Gasteiger partial charge < -0.3 is 9.66 Å². The molecule has 0 aromatic heterocycles. The van der Waals surface area contributed by atoms with Gasteiger partial charge in [-0.3, -0.25) is 0 Å². The van der Waals surface area contributed by atoms with E-state index < -0.39 is 21.5 Å². The summed E-state index contributed by atoms with van der Waals surface area (Å²) in [6.45, 7) is 4.37. The van der Waals surface area contributed by atoms with Crippen molar-refractivity contribution in [3.63, 3.8) is 0 Å². The zero-order chi connectivity index (χ0) is 21.1. The Morgan fingerprint density at radius 3 is 1.28 bits per heavy atom. The molecule has 4 nitrogen and oxygen atoms in total. The Hall–Kier alpha value is 1.51. The molecule has 0 rings (SSSR count). The van der Waals surface area contributed by atoms with E-state index in [1.165, 1.54) is 57.8 Å². The Labute approximate surface area is 224 Å². The third-order valence-corrected chi connectivity index (χ3v) is 7.04. The van der Waals surface area contributed by atoms with Crippen LogP contribution in [0.25, 0.3) is 0 Å². The van der Waals surface area contributed by atoms with Crippen LogP contribution in [0.4, 0.5) is 0 Å². The van der Waals surface area contributed by atoms with Crippen molar-refractivity contribution in [3.05, 3.63) is 0 Å². The summed E-state index contributed by atoms with van der Waals surface area (Å²) in [6, 6.07) is 0. The van der Waals surface area contributed by atoms with Gasteiger partial charge in [-0.1, -0.05) is 123 Å². The maximum absolute atomic E-state index is 11.5. The predicted molar refractivity (Wildman–Crippen MR) is 119 cm³/mol. The van der Waals surface area contributed by atoms with E-state index in [2.05, 4.69) is 13.8 Å². The van der Waals surface area contributed by atoms with Crippen LogP contribution >= 0.6 is 0 Å². The fraction of sp³-hybridized carbons (Fsp3) is 1.00. The summed E-state index contributed by atoms with van der Waals surface area (Å²) < 4.78 is 34.5. The Morgan fingerprint density at radius 2 is 0.931 bits per heavy atom. The van der Waals surface area contributed by atoms with Gasteiger partial charge in [0, 0.05) is 0 Å². The monoisotopic (exact) mass is 458 g/mol.